The van der Waals surface area contributed by atoms with E-state index in [1.54, 1.807) is 22.6 Å². The highest BCUT2D eigenvalue weighted by atomic mass is 16.5. The van der Waals surface area contributed by atoms with Crippen LogP contribution in [-0.2, 0) is 16.5 Å². The molecule has 3 rings (SSSR count). The number of esters is 2. The van der Waals surface area contributed by atoms with E-state index in [9.17, 15) is 9.59 Å². The Morgan fingerprint density at radius 2 is 2.00 bits per heavy atom. The summed E-state index contributed by atoms with van der Waals surface area (Å²) in [7, 11) is 3.03. The summed E-state index contributed by atoms with van der Waals surface area (Å²) in [6.07, 6.45) is 7.82. The molecule has 0 amide bonds. The molecule has 2 heterocycles. The maximum Gasteiger partial charge on any atom is 0.360 e. The molecule has 1 fully saturated rings. The van der Waals surface area contributed by atoms with Crippen molar-refractivity contribution in [2.45, 2.75) is 37.8 Å². The first kappa shape index (κ1) is 16.2. The average Bonchev–Trinajstić information content (AvgIpc) is 3.24. The van der Waals surface area contributed by atoms with E-state index in [4.69, 9.17) is 4.74 Å². The molecular formula is C15H19N5O4. The molecule has 2 atom stereocenters. The lowest BCUT2D eigenvalue weighted by Crippen LogP contribution is -2.32. The highest BCUT2D eigenvalue weighted by molar-refractivity contribution is 5.89. The molecule has 2 aromatic heterocycles. The van der Waals surface area contributed by atoms with Crippen molar-refractivity contribution in [1.82, 2.24) is 24.8 Å². The Morgan fingerprint density at radius 1 is 1.21 bits per heavy atom. The van der Waals surface area contributed by atoms with Crippen LogP contribution in [0, 0.1) is 0 Å². The first-order valence-electron chi connectivity index (χ1n) is 7.78. The van der Waals surface area contributed by atoms with E-state index in [0.29, 0.717) is 5.56 Å². The summed E-state index contributed by atoms with van der Waals surface area (Å²) in [6.45, 7) is 0. The van der Waals surface area contributed by atoms with E-state index in [1.165, 1.54) is 19.5 Å². The van der Waals surface area contributed by atoms with Crippen molar-refractivity contribution in [3.05, 3.63) is 29.8 Å². The smallest absolute Gasteiger partial charge is 0.360 e. The normalized spacial score (nSPS) is 20.6. The van der Waals surface area contributed by atoms with Gasteiger partial charge in [0.05, 0.1) is 31.1 Å². The molecule has 24 heavy (non-hydrogen) atoms. The second-order valence-corrected chi connectivity index (χ2v) is 5.77. The van der Waals surface area contributed by atoms with Crippen LogP contribution in [0.25, 0.3) is 0 Å². The Balaban J connectivity index is 1.74. The van der Waals surface area contributed by atoms with Gasteiger partial charge in [0.15, 0.2) is 5.69 Å². The van der Waals surface area contributed by atoms with Crippen molar-refractivity contribution in [3.63, 3.8) is 0 Å². The number of rotatable bonds is 4. The van der Waals surface area contributed by atoms with Crippen molar-refractivity contribution in [2.24, 2.45) is 7.05 Å². The van der Waals surface area contributed by atoms with Crippen LogP contribution in [0.4, 0.5) is 0 Å². The number of hydrogen-bond donors (Lipinski definition) is 0. The van der Waals surface area contributed by atoms with Crippen LogP contribution in [0.1, 0.15) is 52.6 Å². The van der Waals surface area contributed by atoms with Gasteiger partial charge in [-0.25, -0.2) is 14.3 Å². The minimum absolute atomic E-state index is 0.139. The lowest BCUT2D eigenvalue weighted by atomic mass is 9.92. The molecule has 0 N–H and O–H groups in total. The van der Waals surface area contributed by atoms with Gasteiger partial charge < -0.3 is 9.47 Å². The molecule has 0 saturated heterocycles. The first-order chi connectivity index (χ1) is 11.6. The Bertz CT molecular complexity index is 738. The van der Waals surface area contributed by atoms with E-state index in [2.05, 4.69) is 20.1 Å². The summed E-state index contributed by atoms with van der Waals surface area (Å²) in [4.78, 5) is 23.8. The predicted molar refractivity (Wildman–Crippen MR) is 81.3 cm³/mol. The highest BCUT2D eigenvalue weighted by Gasteiger charge is 2.31. The van der Waals surface area contributed by atoms with Crippen LogP contribution in [0.5, 0.6) is 0 Å². The van der Waals surface area contributed by atoms with E-state index in [-0.39, 0.29) is 17.8 Å². The molecule has 1 aliphatic carbocycles. The van der Waals surface area contributed by atoms with Crippen molar-refractivity contribution in [1.29, 1.82) is 0 Å². The van der Waals surface area contributed by atoms with Crippen LogP contribution in [0.3, 0.4) is 0 Å². The summed E-state index contributed by atoms with van der Waals surface area (Å²) >= 11 is 0. The first-order valence-corrected chi connectivity index (χ1v) is 7.78. The molecular weight excluding hydrogens is 314 g/mol. The number of ether oxygens (including phenoxy) is 2. The van der Waals surface area contributed by atoms with Crippen molar-refractivity contribution in [2.75, 3.05) is 7.11 Å². The van der Waals surface area contributed by atoms with Gasteiger partial charge in [-0.05, 0) is 19.3 Å². The third-order valence-electron chi connectivity index (χ3n) is 4.11. The molecule has 1 aliphatic rings. The molecule has 0 aliphatic heterocycles. The van der Waals surface area contributed by atoms with Gasteiger partial charge in [-0.15, -0.1) is 5.10 Å². The molecule has 0 unspecified atom stereocenters. The van der Waals surface area contributed by atoms with Gasteiger partial charge in [-0.1, -0.05) is 11.6 Å². The van der Waals surface area contributed by atoms with Gasteiger partial charge in [-0.3, -0.25) is 4.68 Å². The SMILES string of the molecule is COC(=O)c1cn([C@H]2CCCC[C@H]2OC(=O)c2cnn(C)c2)nn1. The van der Waals surface area contributed by atoms with E-state index >= 15 is 0 Å². The Hall–Kier alpha value is -2.71. The molecule has 0 bridgehead atoms. The van der Waals surface area contributed by atoms with Gasteiger partial charge >= 0.3 is 11.9 Å². The zero-order valence-corrected chi connectivity index (χ0v) is 13.6. The second-order valence-electron chi connectivity index (χ2n) is 5.77. The van der Waals surface area contributed by atoms with Crippen LogP contribution in [0.15, 0.2) is 18.6 Å². The Labute approximate surface area is 138 Å². The lowest BCUT2D eigenvalue weighted by Gasteiger charge is -2.30. The zero-order valence-electron chi connectivity index (χ0n) is 13.6. The van der Waals surface area contributed by atoms with Gasteiger partial charge in [0.1, 0.15) is 6.10 Å². The fraction of sp³-hybridized carbons (Fsp3) is 0.533. The van der Waals surface area contributed by atoms with Gasteiger partial charge in [-0.2, -0.15) is 5.10 Å². The summed E-state index contributed by atoms with van der Waals surface area (Å²) in [5, 5.41) is 11.8. The molecule has 0 spiro atoms. The maximum absolute atomic E-state index is 12.3. The summed E-state index contributed by atoms with van der Waals surface area (Å²) in [6, 6.07) is -0.148. The fourth-order valence-electron chi connectivity index (χ4n) is 2.89. The van der Waals surface area contributed by atoms with Gasteiger partial charge in [0, 0.05) is 13.2 Å². The number of carbonyl (C=O) groups excluding carboxylic acids is 2. The quantitative estimate of drug-likeness (QED) is 0.773. The molecule has 0 radical (unpaired) electrons. The fourth-order valence-corrected chi connectivity index (χ4v) is 2.89. The number of nitrogens with zero attached hydrogens (tertiary/aromatic N) is 5. The van der Waals surface area contributed by atoms with E-state index in [1.807, 2.05) is 0 Å². The molecule has 1 saturated carbocycles. The summed E-state index contributed by atoms with van der Waals surface area (Å²) < 4.78 is 13.4. The minimum Gasteiger partial charge on any atom is -0.464 e. The highest BCUT2D eigenvalue weighted by Crippen LogP contribution is 2.31. The number of hydrogen-bond acceptors (Lipinski definition) is 7. The standard InChI is InChI=1S/C15H19N5O4/c1-19-8-10(7-16-19)14(21)24-13-6-4-3-5-12(13)20-9-11(17-18-20)15(22)23-2/h7-9,12-13H,3-6H2,1-2H3/t12-,13+/m0/s1. The third kappa shape index (κ3) is 3.29. The number of aromatic nitrogens is 5. The lowest BCUT2D eigenvalue weighted by molar-refractivity contribution is 0.00172. The number of aryl methyl sites for hydroxylation is 1. The average molecular weight is 333 g/mol. The zero-order chi connectivity index (χ0) is 17.1. The van der Waals surface area contributed by atoms with Gasteiger partial charge in [0.25, 0.3) is 0 Å². The molecule has 0 aromatic carbocycles. The van der Waals surface area contributed by atoms with Crippen molar-refractivity contribution < 1.29 is 19.1 Å². The minimum atomic E-state index is -0.541. The molecule has 128 valence electrons. The van der Waals surface area contributed by atoms with Crippen molar-refractivity contribution in [3.8, 4) is 0 Å². The summed E-state index contributed by atoms with van der Waals surface area (Å²) in [5.41, 5.74) is 0.552. The topological polar surface area (TPSA) is 101 Å². The third-order valence-corrected chi connectivity index (χ3v) is 4.11. The predicted octanol–water partition coefficient (Wildman–Crippen LogP) is 1.14. The largest absolute Gasteiger partial charge is 0.464 e. The number of carbonyl (C=O) groups is 2. The van der Waals surface area contributed by atoms with Gasteiger partial charge in [0.2, 0.25) is 0 Å². The van der Waals surface area contributed by atoms with Crippen LogP contribution in [0.2, 0.25) is 0 Å². The molecule has 9 heteroatoms. The van der Waals surface area contributed by atoms with E-state index < -0.39 is 11.9 Å². The monoisotopic (exact) mass is 333 g/mol. The van der Waals surface area contributed by atoms with Crippen LogP contribution < -0.4 is 0 Å². The Kier molecular flexibility index (Phi) is 4.59. The Morgan fingerprint density at radius 3 is 2.71 bits per heavy atom. The summed E-state index contributed by atoms with van der Waals surface area (Å²) in [5.74, 6) is -0.950. The second kappa shape index (κ2) is 6.81. The van der Waals surface area contributed by atoms with E-state index in [0.717, 1.165) is 25.7 Å². The number of methoxy groups -OCH3 is 1. The van der Waals surface area contributed by atoms with Crippen LogP contribution in [-0.4, -0.2) is 49.9 Å². The molecule has 2 aromatic rings. The van der Waals surface area contributed by atoms with Crippen molar-refractivity contribution >= 4 is 11.9 Å². The van der Waals surface area contributed by atoms with Crippen LogP contribution >= 0.6 is 0 Å². The molecule has 9 nitrogen and oxygen atoms in total. The maximum atomic E-state index is 12.3.